The van der Waals surface area contributed by atoms with E-state index in [-0.39, 0.29) is 11.3 Å². The molecule has 0 aliphatic heterocycles. The van der Waals surface area contributed by atoms with Crippen LogP contribution in [0, 0.1) is 19.3 Å². The van der Waals surface area contributed by atoms with Crippen molar-refractivity contribution in [2.75, 3.05) is 13.6 Å². The van der Waals surface area contributed by atoms with Crippen molar-refractivity contribution in [1.82, 2.24) is 10.6 Å². The van der Waals surface area contributed by atoms with Crippen molar-refractivity contribution in [1.29, 1.82) is 0 Å². The first-order valence-electron chi connectivity index (χ1n) is 6.56. The Morgan fingerprint density at radius 1 is 1.33 bits per heavy atom. The molecule has 3 heteroatoms. The van der Waals surface area contributed by atoms with Crippen LogP contribution in [0.2, 0.25) is 0 Å². The summed E-state index contributed by atoms with van der Waals surface area (Å²) in [4.78, 5) is 12.1. The molecular formula is C15H22N2O. The zero-order chi connectivity index (χ0) is 13.2. The van der Waals surface area contributed by atoms with Gasteiger partial charge in [-0.25, -0.2) is 0 Å². The van der Waals surface area contributed by atoms with Gasteiger partial charge >= 0.3 is 0 Å². The fourth-order valence-electron chi connectivity index (χ4n) is 2.33. The van der Waals surface area contributed by atoms with Gasteiger partial charge in [0.05, 0.1) is 5.41 Å². The summed E-state index contributed by atoms with van der Waals surface area (Å²) in [7, 11) is 1.90. The zero-order valence-electron chi connectivity index (χ0n) is 11.5. The van der Waals surface area contributed by atoms with Gasteiger partial charge in [0.2, 0.25) is 5.91 Å². The van der Waals surface area contributed by atoms with E-state index in [9.17, 15) is 4.79 Å². The molecule has 0 atom stereocenters. The first kappa shape index (κ1) is 13.1. The molecule has 1 aromatic rings. The van der Waals surface area contributed by atoms with Crippen LogP contribution in [0.15, 0.2) is 18.2 Å². The molecule has 2 rings (SSSR count). The standard InChI is InChI=1S/C15H22N2O/c1-11-4-5-12(2)13(8-11)9-17-14(18)15(6-7-15)10-16-3/h4-5,8,16H,6-7,9-10H2,1-3H3,(H,17,18). The van der Waals surface area contributed by atoms with Crippen molar-refractivity contribution >= 4 is 5.91 Å². The van der Waals surface area contributed by atoms with Gasteiger partial charge in [-0.15, -0.1) is 0 Å². The molecule has 0 bridgehead atoms. The summed E-state index contributed by atoms with van der Waals surface area (Å²) < 4.78 is 0. The SMILES string of the molecule is CNCC1(C(=O)NCc2cc(C)ccc2C)CC1. The third kappa shape index (κ3) is 2.72. The van der Waals surface area contributed by atoms with Gasteiger partial charge in [0.1, 0.15) is 0 Å². The molecule has 0 radical (unpaired) electrons. The van der Waals surface area contributed by atoms with E-state index in [1.807, 2.05) is 7.05 Å². The summed E-state index contributed by atoms with van der Waals surface area (Å²) >= 11 is 0. The minimum Gasteiger partial charge on any atom is -0.351 e. The molecule has 98 valence electrons. The summed E-state index contributed by atoms with van der Waals surface area (Å²) in [6.07, 6.45) is 2.01. The Hall–Kier alpha value is -1.35. The van der Waals surface area contributed by atoms with Crippen molar-refractivity contribution in [3.05, 3.63) is 34.9 Å². The smallest absolute Gasteiger partial charge is 0.227 e. The van der Waals surface area contributed by atoms with E-state index in [0.717, 1.165) is 19.4 Å². The van der Waals surface area contributed by atoms with E-state index < -0.39 is 0 Å². The topological polar surface area (TPSA) is 41.1 Å². The van der Waals surface area contributed by atoms with E-state index in [1.165, 1.54) is 16.7 Å². The minimum atomic E-state index is -0.132. The number of hydrogen-bond donors (Lipinski definition) is 2. The molecule has 18 heavy (non-hydrogen) atoms. The number of rotatable bonds is 5. The number of nitrogens with one attached hydrogen (secondary N) is 2. The molecule has 0 unspecified atom stereocenters. The predicted octanol–water partition coefficient (Wildman–Crippen LogP) is 1.92. The lowest BCUT2D eigenvalue weighted by molar-refractivity contribution is -0.126. The second kappa shape index (κ2) is 5.11. The molecule has 1 aliphatic rings. The summed E-state index contributed by atoms with van der Waals surface area (Å²) in [5, 5.41) is 6.18. The van der Waals surface area contributed by atoms with Gasteiger partial charge < -0.3 is 10.6 Å². The van der Waals surface area contributed by atoms with Gasteiger partial charge in [0.25, 0.3) is 0 Å². The van der Waals surface area contributed by atoms with Crippen molar-refractivity contribution in [3.63, 3.8) is 0 Å². The van der Waals surface area contributed by atoms with Crippen LogP contribution < -0.4 is 10.6 Å². The van der Waals surface area contributed by atoms with Gasteiger partial charge in [-0.2, -0.15) is 0 Å². The van der Waals surface area contributed by atoms with Gasteiger partial charge in [0, 0.05) is 13.1 Å². The van der Waals surface area contributed by atoms with Crippen LogP contribution in [0.1, 0.15) is 29.5 Å². The van der Waals surface area contributed by atoms with Crippen molar-refractivity contribution in [3.8, 4) is 0 Å². The largest absolute Gasteiger partial charge is 0.351 e. The molecule has 3 nitrogen and oxygen atoms in total. The highest BCUT2D eigenvalue weighted by atomic mass is 16.2. The number of hydrogen-bond acceptors (Lipinski definition) is 2. The van der Waals surface area contributed by atoms with Crippen molar-refractivity contribution in [2.24, 2.45) is 5.41 Å². The molecule has 1 saturated carbocycles. The highest BCUT2D eigenvalue weighted by Crippen LogP contribution is 2.45. The van der Waals surface area contributed by atoms with Gasteiger partial charge in [-0.05, 0) is 44.9 Å². The zero-order valence-corrected chi connectivity index (χ0v) is 11.5. The van der Waals surface area contributed by atoms with Crippen LogP contribution in [0.4, 0.5) is 0 Å². The summed E-state index contributed by atoms with van der Waals surface area (Å²) in [5.41, 5.74) is 3.55. The van der Waals surface area contributed by atoms with E-state index in [1.54, 1.807) is 0 Å². The minimum absolute atomic E-state index is 0.132. The molecule has 0 spiro atoms. The maximum Gasteiger partial charge on any atom is 0.227 e. The molecule has 1 aromatic carbocycles. The molecule has 1 amide bonds. The van der Waals surface area contributed by atoms with Crippen LogP contribution in [-0.2, 0) is 11.3 Å². The predicted molar refractivity (Wildman–Crippen MR) is 73.4 cm³/mol. The summed E-state index contributed by atoms with van der Waals surface area (Å²) in [6, 6.07) is 6.36. The monoisotopic (exact) mass is 246 g/mol. The first-order valence-corrected chi connectivity index (χ1v) is 6.56. The second-order valence-corrected chi connectivity index (χ2v) is 5.42. The lowest BCUT2D eigenvalue weighted by Gasteiger charge is -2.15. The quantitative estimate of drug-likeness (QED) is 0.833. The van der Waals surface area contributed by atoms with Gasteiger partial charge in [-0.3, -0.25) is 4.79 Å². The van der Waals surface area contributed by atoms with Crippen LogP contribution >= 0.6 is 0 Å². The van der Waals surface area contributed by atoms with Crippen molar-refractivity contribution in [2.45, 2.75) is 33.2 Å². The number of carbonyl (C=O) groups excluding carboxylic acids is 1. The molecule has 0 saturated heterocycles. The molecular weight excluding hydrogens is 224 g/mol. The Labute approximate surface area is 109 Å². The summed E-state index contributed by atoms with van der Waals surface area (Å²) in [6.45, 7) is 5.58. The highest BCUT2D eigenvalue weighted by molar-refractivity contribution is 5.85. The maximum atomic E-state index is 12.1. The summed E-state index contributed by atoms with van der Waals surface area (Å²) in [5.74, 6) is 0.192. The molecule has 0 heterocycles. The molecule has 0 aromatic heterocycles. The van der Waals surface area contributed by atoms with Crippen molar-refractivity contribution < 1.29 is 4.79 Å². The number of benzene rings is 1. The third-order valence-corrected chi connectivity index (χ3v) is 3.79. The number of carbonyl (C=O) groups is 1. The van der Waals surface area contributed by atoms with Gasteiger partial charge in [0.15, 0.2) is 0 Å². The van der Waals surface area contributed by atoms with E-state index in [0.29, 0.717) is 6.54 Å². The maximum absolute atomic E-state index is 12.1. The van der Waals surface area contributed by atoms with Gasteiger partial charge in [-0.1, -0.05) is 23.8 Å². The Morgan fingerprint density at radius 2 is 2.06 bits per heavy atom. The average Bonchev–Trinajstić information content (AvgIpc) is 3.11. The van der Waals surface area contributed by atoms with Crippen LogP contribution in [-0.4, -0.2) is 19.5 Å². The van der Waals surface area contributed by atoms with E-state index >= 15 is 0 Å². The van der Waals surface area contributed by atoms with Crippen LogP contribution in [0.25, 0.3) is 0 Å². The molecule has 2 N–H and O–H groups in total. The Kier molecular flexibility index (Phi) is 3.71. The Bertz CT molecular complexity index is 450. The Balaban J connectivity index is 1.95. The normalized spacial score (nSPS) is 16.4. The lowest BCUT2D eigenvalue weighted by atomic mass is 10.0. The van der Waals surface area contributed by atoms with E-state index in [2.05, 4.69) is 42.7 Å². The lowest BCUT2D eigenvalue weighted by Crippen LogP contribution is -2.37. The highest BCUT2D eigenvalue weighted by Gasteiger charge is 2.48. The fraction of sp³-hybridized carbons (Fsp3) is 0.533. The van der Waals surface area contributed by atoms with Crippen LogP contribution in [0.5, 0.6) is 0 Å². The number of aryl methyl sites for hydroxylation is 2. The average molecular weight is 246 g/mol. The molecule has 1 aliphatic carbocycles. The van der Waals surface area contributed by atoms with Crippen LogP contribution in [0.3, 0.4) is 0 Å². The second-order valence-electron chi connectivity index (χ2n) is 5.42. The Morgan fingerprint density at radius 3 is 2.67 bits per heavy atom. The first-order chi connectivity index (χ1) is 8.57. The molecule has 1 fully saturated rings. The van der Waals surface area contributed by atoms with E-state index in [4.69, 9.17) is 0 Å². The number of amides is 1. The fourth-order valence-corrected chi connectivity index (χ4v) is 2.33. The third-order valence-electron chi connectivity index (χ3n) is 3.79.